The van der Waals surface area contributed by atoms with Gasteiger partial charge in [-0.3, -0.25) is 4.79 Å². The van der Waals surface area contributed by atoms with Gasteiger partial charge in [0, 0.05) is 37.5 Å². The standard InChI is InChI=1S/C24H31N3O4/c1-3-30-22-16-21(26-11-13-29-14-12-26)23(31-4-2)15-19(22)25-24(28)17-27-10-9-18-7-5-6-8-20(18)27/h5-8,15-16H,3-4,9-14,17H2,1-2H3,(H,25,28). The van der Waals surface area contributed by atoms with Crippen LogP contribution in [0, 0.1) is 0 Å². The Bertz CT molecular complexity index is 912. The summed E-state index contributed by atoms with van der Waals surface area (Å²) < 4.78 is 17.3. The van der Waals surface area contributed by atoms with Crippen molar-refractivity contribution >= 4 is 23.0 Å². The van der Waals surface area contributed by atoms with Crippen LogP contribution in [0.4, 0.5) is 17.1 Å². The highest BCUT2D eigenvalue weighted by atomic mass is 16.5. The van der Waals surface area contributed by atoms with Crippen LogP contribution in [0.25, 0.3) is 0 Å². The summed E-state index contributed by atoms with van der Waals surface area (Å²) in [5.41, 5.74) is 4.04. The fraction of sp³-hybridized carbons (Fsp3) is 0.458. The first-order valence-corrected chi connectivity index (χ1v) is 11.1. The maximum atomic E-state index is 12.9. The second kappa shape index (κ2) is 9.92. The number of amides is 1. The van der Waals surface area contributed by atoms with Crippen molar-refractivity contribution in [3.05, 3.63) is 42.0 Å². The molecule has 2 aliphatic rings. The zero-order chi connectivity index (χ0) is 21.6. The van der Waals surface area contributed by atoms with Gasteiger partial charge in [0.2, 0.25) is 5.91 Å². The van der Waals surface area contributed by atoms with E-state index in [9.17, 15) is 4.79 Å². The summed E-state index contributed by atoms with van der Waals surface area (Å²) in [4.78, 5) is 17.3. The maximum Gasteiger partial charge on any atom is 0.243 e. The normalized spacial score (nSPS) is 15.5. The number of benzene rings is 2. The Morgan fingerprint density at radius 2 is 1.74 bits per heavy atom. The lowest BCUT2D eigenvalue weighted by atomic mass is 10.2. The molecule has 2 aliphatic heterocycles. The summed E-state index contributed by atoms with van der Waals surface area (Å²) in [6, 6.07) is 12.1. The summed E-state index contributed by atoms with van der Waals surface area (Å²) in [5.74, 6) is 1.33. The van der Waals surface area contributed by atoms with Crippen molar-refractivity contribution in [3.63, 3.8) is 0 Å². The number of nitrogens with one attached hydrogen (secondary N) is 1. The highest BCUT2D eigenvalue weighted by Gasteiger charge is 2.23. The molecular weight excluding hydrogens is 394 g/mol. The van der Waals surface area contributed by atoms with Gasteiger partial charge in [-0.15, -0.1) is 0 Å². The first kappa shape index (κ1) is 21.3. The van der Waals surface area contributed by atoms with E-state index in [1.54, 1.807) is 0 Å². The number of fused-ring (bicyclic) bond motifs is 1. The first-order valence-electron chi connectivity index (χ1n) is 11.1. The van der Waals surface area contributed by atoms with Gasteiger partial charge in [0.1, 0.15) is 11.5 Å². The van der Waals surface area contributed by atoms with E-state index in [1.165, 1.54) is 5.56 Å². The van der Waals surface area contributed by atoms with Gasteiger partial charge in [0.15, 0.2) is 0 Å². The van der Waals surface area contributed by atoms with Crippen molar-refractivity contribution in [1.29, 1.82) is 0 Å². The third kappa shape index (κ3) is 4.88. The highest BCUT2D eigenvalue weighted by Crippen LogP contribution is 2.39. The molecule has 1 amide bonds. The number of hydrogen-bond donors (Lipinski definition) is 1. The molecule has 7 heteroatoms. The van der Waals surface area contributed by atoms with Gasteiger partial charge in [-0.25, -0.2) is 0 Å². The zero-order valence-electron chi connectivity index (χ0n) is 18.4. The lowest BCUT2D eigenvalue weighted by molar-refractivity contribution is -0.115. The third-order valence-corrected chi connectivity index (χ3v) is 5.60. The summed E-state index contributed by atoms with van der Waals surface area (Å²) >= 11 is 0. The van der Waals surface area contributed by atoms with Crippen LogP contribution in [-0.2, 0) is 16.0 Å². The molecule has 7 nitrogen and oxygen atoms in total. The number of para-hydroxylation sites is 1. The zero-order valence-corrected chi connectivity index (χ0v) is 18.4. The Kier molecular flexibility index (Phi) is 6.82. The van der Waals surface area contributed by atoms with Gasteiger partial charge in [-0.2, -0.15) is 0 Å². The second-order valence-corrected chi connectivity index (χ2v) is 7.63. The van der Waals surface area contributed by atoms with E-state index in [0.717, 1.165) is 43.2 Å². The smallest absolute Gasteiger partial charge is 0.243 e. The van der Waals surface area contributed by atoms with Gasteiger partial charge in [-0.1, -0.05) is 18.2 Å². The molecule has 166 valence electrons. The van der Waals surface area contributed by atoms with Crippen LogP contribution in [-0.4, -0.2) is 58.5 Å². The molecule has 0 bridgehead atoms. The number of hydrogen-bond acceptors (Lipinski definition) is 6. The molecule has 0 radical (unpaired) electrons. The van der Waals surface area contributed by atoms with Crippen LogP contribution in [0.15, 0.2) is 36.4 Å². The van der Waals surface area contributed by atoms with E-state index in [1.807, 2.05) is 38.1 Å². The monoisotopic (exact) mass is 425 g/mol. The summed E-state index contributed by atoms with van der Waals surface area (Å²) in [7, 11) is 0. The van der Waals surface area contributed by atoms with Crippen LogP contribution in [0.1, 0.15) is 19.4 Å². The maximum absolute atomic E-state index is 12.9. The number of ether oxygens (including phenoxy) is 3. The van der Waals surface area contributed by atoms with Crippen LogP contribution >= 0.6 is 0 Å². The predicted octanol–water partition coefficient (Wildman–Crippen LogP) is 3.32. The summed E-state index contributed by atoms with van der Waals surface area (Å²) in [5, 5.41) is 3.05. The number of carbonyl (C=O) groups excluding carboxylic acids is 1. The Morgan fingerprint density at radius 1 is 1.00 bits per heavy atom. The fourth-order valence-electron chi connectivity index (χ4n) is 4.18. The second-order valence-electron chi connectivity index (χ2n) is 7.63. The molecule has 4 rings (SSSR count). The molecule has 0 spiro atoms. The van der Waals surface area contributed by atoms with Gasteiger partial charge in [0.05, 0.1) is 44.3 Å². The first-order chi connectivity index (χ1) is 15.2. The molecule has 1 N–H and O–H groups in total. The quantitative estimate of drug-likeness (QED) is 0.700. The van der Waals surface area contributed by atoms with Gasteiger partial charge < -0.3 is 29.3 Å². The van der Waals surface area contributed by atoms with Crippen LogP contribution in [0.5, 0.6) is 11.5 Å². The molecule has 0 unspecified atom stereocenters. The van der Waals surface area contributed by atoms with E-state index >= 15 is 0 Å². The molecule has 0 saturated carbocycles. The lowest BCUT2D eigenvalue weighted by Gasteiger charge is -2.31. The minimum atomic E-state index is -0.0702. The van der Waals surface area contributed by atoms with Gasteiger partial charge >= 0.3 is 0 Å². The fourth-order valence-corrected chi connectivity index (χ4v) is 4.18. The van der Waals surface area contributed by atoms with Gasteiger partial charge in [-0.05, 0) is 31.9 Å². The van der Waals surface area contributed by atoms with E-state index < -0.39 is 0 Å². The number of nitrogens with zero attached hydrogens (tertiary/aromatic N) is 2. The minimum absolute atomic E-state index is 0.0702. The topological polar surface area (TPSA) is 63.3 Å². The molecule has 2 aromatic carbocycles. The van der Waals surface area contributed by atoms with Crippen LogP contribution in [0.2, 0.25) is 0 Å². The molecule has 0 aliphatic carbocycles. The summed E-state index contributed by atoms with van der Waals surface area (Å²) in [6.45, 7) is 9.08. The molecular formula is C24H31N3O4. The van der Waals surface area contributed by atoms with Crippen LogP contribution in [0.3, 0.4) is 0 Å². The molecule has 2 aromatic rings. The van der Waals surface area contributed by atoms with Crippen LogP contribution < -0.4 is 24.6 Å². The van der Waals surface area contributed by atoms with Crippen molar-refractivity contribution in [2.75, 3.05) is 67.7 Å². The Labute approximate surface area is 183 Å². The molecule has 1 fully saturated rings. The van der Waals surface area contributed by atoms with E-state index in [4.69, 9.17) is 14.2 Å². The van der Waals surface area contributed by atoms with Gasteiger partial charge in [0.25, 0.3) is 0 Å². The van der Waals surface area contributed by atoms with Crippen molar-refractivity contribution in [2.24, 2.45) is 0 Å². The SMILES string of the molecule is CCOc1cc(N2CCOCC2)c(OCC)cc1NC(=O)CN1CCc2ccccc21. The number of carbonyl (C=O) groups is 1. The molecule has 2 heterocycles. The molecule has 0 aromatic heterocycles. The Balaban J connectivity index is 1.55. The Hall–Kier alpha value is -2.93. The third-order valence-electron chi connectivity index (χ3n) is 5.60. The molecule has 31 heavy (non-hydrogen) atoms. The number of morpholine rings is 1. The lowest BCUT2D eigenvalue weighted by Crippen LogP contribution is -2.36. The van der Waals surface area contributed by atoms with Crippen molar-refractivity contribution < 1.29 is 19.0 Å². The largest absolute Gasteiger partial charge is 0.492 e. The average Bonchev–Trinajstić information content (AvgIpc) is 3.19. The predicted molar refractivity (Wildman–Crippen MR) is 123 cm³/mol. The molecule has 0 atom stereocenters. The minimum Gasteiger partial charge on any atom is -0.492 e. The van der Waals surface area contributed by atoms with Crippen molar-refractivity contribution in [2.45, 2.75) is 20.3 Å². The van der Waals surface area contributed by atoms with E-state index in [-0.39, 0.29) is 5.91 Å². The van der Waals surface area contributed by atoms with E-state index in [2.05, 4.69) is 27.2 Å². The number of rotatable bonds is 8. The average molecular weight is 426 g/mol. The Morgan fingerprint density at radius 3 is 2.52 bits per heavy atom. The number of anilines is 3. The van der Waals surface area contributed by atoms with Crippen molar-refractivity contribution in [3.8, 4) is 11.5 Å². The summed E-state index contributed by atoms with van der Waals surface area (Å²) in [6.07, 6.45) is 0.969. The van der Waals surface area contributed by atoms with Crippen molar-refractivity contribution in [1.82, 2.24) is 0 Å². The molecule has 1 saturated heterocycles. The highest BCUT2D eigenvalue weighted by molar-refractivity contribution is 5.96. The van der Waals surface area contributed by atoms with E-state index in [0.29, 0.717) is 44.4 Å².